The van der Waals surface area contributed by atoms with Crippen LogP contribution in [-0.2, 0) is 0 Å². The molecule has 0 fully saturated rings. The molecule has 3 heterocycles. The Labute approximate surface area is 176 Å². The van der Waals surface area contributed by atoms with Crippen molar-refractivity contribution in [1.82, 2.24) is 15.0 Å². The number of aryl methyl sites for hydroxylation is 1. The van der Waals surface area contributed by atoms with E-state index in [4.69, 9.17) is 16.3 Å². The number of benzene rings is 2. The molecule has 5 rings (SSSR count). The molecule has 3 N–H and O–H groups in total. The van der Waals surface area contributed by atoms with Crippen molar-refractivity contribution in [2.45, 2.75) is 19.1 Å². The van der Waals surface area contributed by atoms with Gasteiger partial charge in [0.15, 0.2) is 11.9 Å². The summed E-state index contributed by atoms with van der Waals surface area (Å²) in [6, 6.07) is 11.9. The maximum absolute atomic E-state index is 13.8. The van der Waals surface area contributed by atoms with Crippen LogP contribution in [-0.4, -0.2) is 32.7 Å². The molecule has 0 spiro atoms. The number of aromatic amines is 1. The van der Waals surface area contributed by atoms with Crippen LogP contribution >= 0.6 is 11.6 Å². The second-order valence-corrected chi connectivity index (χ2v) is 7.69. The lowest BCUT2D eigenvalue weighted by atomic mass is 10.0. The molecule has 1 aliphatic rings. The first-order valence-electron chi connectivity index (χ1n) is 9.48. The molecule has 0 radical (unpaired) electrons. The van der Waals surface area contributed by atoms with E-state index in [0.717, 1.165) is 11.3 Å². The average Bonchev–Trinajstić information content (AvgIpc) is 3.15. The molecule has 30 heavy (non-hydrogen) atoms. The molecule has 8 heteroatoms. The fraction of sp³-hybridized carbons (Fsp3) is 0.182. The maximum Gasteiger partial charge on any atom is 0.163 e. The van der Waals surface area contributed by atoms with Gasteiger partial charge in [0.05, 0.1) is 45.6 Å². The van der Waals surface area contributed by atoms with Crippen molar-refractivity contribution in [3.05, 3.63) is 70.8 Å². The zero-order valence-electron chi connectivity index (χ0n) is 16.0. The minimum absolute atomic E-state index is 0.0184. The summed E-state index contributed by atoms with van der Waals surface area (Å²) >= 11 is 5.89. The number of aliphatic hydroxyl groups excluding tert-OH is 1. The number of nitrogens with one attached hydrogen (secondary N) is 2. The summed E-state index contributed by atoms with van der Waals surface area (Å²) in [4.78, 5) is 12.2. The Morgan fingerprint density at radius 2 is 2.10 bits per heavy atom. The van der Waals surface area contributed by atoms with Crippen LogP contribution in [0, 0.1) is 12.7 Å². The molecule has 1 aliphatic heterocycles. The lowest BCUT2D eigenvalue weighted by Crippen LogP contribution is -2.38. The van der Waals surface area contributed by atoms with Crippen molar-refractivity contribution in [3.63, 3.8) is 0 Å². The van der Waals surface area contributed by atoms with Crippen LogP contribution in [0.5, 0.6) is 5.75 Å². The van der Waals surface area contributed by atoms with Gasteiger partial charge in [-0.05, 0) is 36.8 Å². The van der Waals surface area contributed by atoms with E-state index in [-0.39, 0.29) is 17.7 Å². The summed E-state index contributed by atoms with van der Waals surface area (Å²) in [7, 11) is 0. The van der Waals surface area contributed by atoms with Gasteiger partial charge in [-0.15, -0.1) is 0 Å². The van der Waals surface area contributed by atoms with Gasteiger partial charge in [-0.3, -0.25) is 4.98 Å². The molecule has 0 amide bonds. The summed E-state index contributed by atoms with van der Waals surface area (Å²) in [5, 5.41) is 13.3. The fourth-order valence-electron chi connectivity index (χ4n) is 3.64. The van der Waals surface area contributed by atoms with Crippen molar-refractivity contribution >= 4 is 28.3 Å². The standard InChI is InChI=1S/C22H18ClFN4O2/c1-11-5-6-15(25-9-11)21-19(10-29)26-16-4-2-3-12(20(16)30-21)22-27-17-7-13(23)14(24)8-18(17)28-22/h2-9,19,21,26,29H,10H2,1H3,(H,27,28)/t19?,21-/m1/s1. The van der Waals surface area contributed by atoms with E-state index in [9.17, 15) is 9.50 Å². The molecule has 1 unspecified atom stereocenters. The van der Waals surface area contributed by atoms with E-state index in [2.05, 4.69) is 20.3 Å². The summed E-state index contributed by atoms with van der Waals surface area (Å²) < 4.78 is 20.2. The molecule has 0 aliphatic carbocycles. The number of pyridine rings is 1. The number of imidazole rings is 1. The highest BCUT2D eigenvalue weighted by Crippen LogP contribution is 2.43. The topological polar surface area (TPSA) is 83.1 Å². The van der Waals surface area contributed by atoms with E-state index in [1.807, 2.05) is 37.3 Å². The second-order valence-electron chi connectivity index (χ2n) is 7.28. The van der Waals surface area contributed by atoms with Gasteiger partial charge in [0.25, 0.3) is 0 Å². The minimum atomic E-state index is -0.510. The molecule has 2 aromatic heterocycles. The minimum Gasteiger partial charge on any atom is -0.479 e. The maximum atomic E-state index is 13.8. The number of fused-ring (bicyclic) bond motifs is 2. The zero-order valence-corrected chi connectivity index (χ0v) is 16.7. The summed E-state index contributed by atoms with van der Waals surface area (Å²) in [6.07, 6.45) is 1.28. The van der Waals surface area contributed by atoms with Crippen molar-refractivity contribution in [1.29, 1.82) is 0 Å². The average molecular weight is 425 g/mol. The molecule has 0 saturated carbocycles. The van der Waals surface area contributed by atoms with E-state index < -0.39 is 11.9 Å². The number of ether oxygens (including phenoxy) is 1. The molecule has 4 aromatic rings. The van der Waals surface area contributed by atoms with Gasteiger partial charge < -0.3 is 20.1 Å². The van der Waals surface area contributed by atoms with Crippen LogP contribution in [0.4, 0.5) is 10.1 Å². The first kappa shape index (κ1) is 18.8. The van der Waals surface area contributed by atoms with Gasteiger partial charge in [0.1, 0.15) is 11.6 Å². The molecular formula is C22H18ClFN4O2. The molecule has 2 atom stereocenters. The van der Waals surface area contributed by atoms with Crippen LogP contribution in [0.15, 0.2) is 48.7 Å². The van der Waals surface area contributed by atoms with E-state index >= 15 is 0 Å². The number of nitrogens with zero attached hydrogens (tertiary/aromatic N) is 2. The number of hydrogen-bond donors (Lipinski definition) is 3. The smallest absolute Gasteiger partial charge is 0.163 e. The first-order chi connectivity index (χ1) is 14.5. The van der Waals surface area contributed by atoms with Gasteiger partial charge in [0, 0.05) is 12.3 Å². The molecular weight excluding hydrogens is 407 g/mol. The summed E-state index contributed by atoms with van der Waals surface area (Å²) in [5.74, 6) is 0.604. The Bertz CT molecular complexity index is 1200. The Morgan fingerprint density at radius 1 is 1.23 bits per heavy atom. The highest BCUT2D eigenvalue weighted by atomic mass is 35.5. The first-order valence-corrected chi connectivity index (χ1v) is 9.86. The fourth-order valence-corrected chi connectivity index (χ4v) is 3.79. The van der Waals surface area contributed by atoms with Crippen LogP contribution in [0.25, 0.3) is 22.4 Å². The number of hydrogen-bond acceptors (Lipinski definition) is 5. The lowest BCUT2D eigenvalue weighted by molar-refractivity contribution is 0.127. The van der Waals surface area contributed by atoms with Crippen molar-refractivity contribution < 1.29 is 14.2 Å². The number of H-pyrrole nitrogens is 1. The summed E-state index contributed by atoms with van der Waals surface area (Å²) in [5.41, 5.74) is 4.30. The molecule has 6 nitrogen and oxygen atoms in total. The van der Waals surface area contributed by atoms with Gasteiger partial charge in [-0.25, -0.2) is 9.37 Å². The predicted octanol–water partition coefficient (Wildman–Crippen LogP) is 4.63. The monoisotopic (exact) mass is 424 g/mol. The predicted molar refractivity (Wildman–Crippen MR) is 113 cm³/mol. The number of aliphatic hydroxyl groups is 1. The Balaban J connectivity index is 1.60. The summed E-state index contributed by atoms with van der Waals surface area (Å²) in [6.45, 7) is 1.84. The van der Waals surface area contributed by atoms with Crippen molar-refractivity contribution in [3.8, 4) is 17.1 Å². The van der Waals surface area contributed by atoms with E-state index in [1.165, 1.54) is 12.1 Å². The second kappa shape index (κ2) is 7.27. The number of rotatable bonds is 3. The van der Waals surface area contributed by atoms with Crippen LogP contribution in [0.1, 0.15) is 17.4 Å². The van der Waals surface area contributed by atoms with Gasteiger partial charge >= 0.3 is 0 Å². The molecule has 0 bridgehead atoms. The number of anilines is 1. The van der Waals surface area contributed by atoms with Crippen molar-refractivity contribution in [2.75, 3.05) is 11.9 Å². The zero-order chi connectivity index (χ0) is 20.8. The third-order valence-corrected chi connectivity index (χ3v) is 5.46. The normalized spacial score (nSPS) is 18.0. The highest BCUT2D eigenvalue weighted by Gasteiger charge is 2.33. The van der Waals surface area contributed by atoms with E-state index in [1.54, 1.807) is 6.20 Å². The number of aromatic nitrogens is 3. The van der Waals surface area contributed by atoms with E-state index in [0.29, 0.717) is 33.9 Å². The van der Waals surface area contributed by atoms with Crippen molar-refractivity contribution in [2.24, 2.45) is 0 Å². The Hall–Kier alpha value is -3.16. The van der Waals surface area contributed by atoms with Gasteiger partial charge in [0.2, 0.25) is 0 Å². The quantitative estimate of drug-likeness (QED) is 0.446. The highest BCUT2D eigenvalue weighted by molar-refractivity contribution is 6.31. The van der Waals surface area contributed by atoms with Gasteiger partial charge in [-0.1, -0.05) is 23.7 Å². The largest absolute Gasteiger partial charge is 0.479 e. The molecule has 152 valence electrons. The van der Waals surface area contributed by atoms with Crippen LogP contribution < -0.4 is 10.1 Å². The lowest BCUT2D eigenvalue weighted by Gasteiger charge is -2.34. The Morgan fingerprint density at radius 3 is 2.87 bits per heavy atom. The number of para-hydroxylation sites is 1. The van der Waals surface area contributed by atoms with Crippen LogP contribution in [0.3, 0.4) is 0 Å². The third kappa shape index (κ3) is 3.16. The molecule has 0 saturated heterocycles. The Kier molecular flexibility index (Phi) is 4.56. The SMILES string of the molecule is Cc1ccc([C@H]2Oc3c(cccc3-c3nc4cc(Cl)c(F)cc4[nH]3)NC2CO)nc1. The number of halogens is 2. The van der Waals surface area contributed by atoms with Crippen LogP contribution in [0.2, 0.25) is 5.02 Å². The third-order valence-electron chi connectivity index (χ3n) is 5.17. The van der Waals surface area contributed by atoms with Gasteiger partial charge in [-0.2, -0.15) is 0 Å². The molecule has 2 aromatic carbocycles.